The zero-order chi connectivity index (χ0) is 15.5. The van der Waals surface area contributed by atoms with E-state index < -0.39 is 0 Å². The van der Waals surface area contributed by atoms with Gasteiger partial charge in [-0.15, -0.1) is 0 Å². The average molecular weight is 307 g/mol. The van der Waals surface area contributed by atoms with E-state index in [9.17, 15) is 0 Å². The number of anilines is 1. The molecule has 0 atom stereocenters. The van der Waals surface area contributed by atoms with E-state index in [0.717, 1.165) is 34.2 Å². The molecule has 0 fully saturated rings. The number of rotatable bonds is 7. The van der Waals surface area contributed by atoms with Gasteiger partial charge in [-0.3, -0.25) is 0 Å². The maximum Gasteiger partial charge on any atom is 0.183 e. The molecule has 1 aromatic carbocycles. The van der Waals surface area contributed by atoms with Crippen molar-refractivity contribution in [2.75, 3.05) is 39.1 Å². The maximum absolute atomic E-state index is 5.53. The molecule has 1 N–H and O–H groups in total. The predicted octanol–water partition coefficient (Wildman–Crippen LogP) is 3.69. The molecule has 4 nitrogen and oxygen atoms in total. The van der Waals surface area contributed by atoms with Gasteiger partial charge in [-0.25, -0.2) is 4.98 Å². The number of ether oxygens (including phenoxy) is 1. The summed E-state index contributed by atoms with van der Waals surface area (Å²) >= 11 is 1.68. The van der Waals surface area contributed by atoms with E-state index in [1.807, 2.05) is 19.1 Å². The van der Waals surface area contributed by atoms with E-state index in [2.05, 4.69) is 49.2 Å². The third-order valence-electron chi connectivity index (χ3n) is 3.13. The molecular weight excluding hydrogens is 282 g/mol. The lowest BCUT2D eigenvalue weighted by Gasteiger charge is -2.28. The first kappa shape index (κ1) is 16.0. The van der Waals surface area contributed by atoms with Gasteiger partial charge in [0.25, 0.3) is 0 Å². The summed E-state index contributed by atoms with van der Waals surface area (Å²) in [7, 11) is 4.21. The van der Waals surface area contributed by atoms with Gasteiger partial charge in [-0.1, -0.05) is 25.2 Å². The summed E-state index contributed by atoms with van der Waals surface area (Å²) in [6, 6.07) is 6.06. The summed E-state index contributed by atoms with van der Waals surface area (Å²) in [5.41, 5.74) is 1.23. The van der Waals surface area contributed by atoms with E-state index >= 15 is 0 Å². The van der Waals surface area contributed by atoms with Crippen molar-refractivity contribution in [1.82, 2.24) is 9.88 Å². The first-order valence-corrected chi connectivity index (χ1v) is 8.13. The predicted molar refractivity (Wildman–Crippen MR) is 91.6 cm³/mol. The van der Waals surface area contributed by atoms with E-state index in [4.69, 9.17) is 4.74 Å². The topological polar surface area (TPSA) is 37.4 Å². The number of nitrogens with one attached hydrogen (secondary N) is 1. The van der Waals surface area contributed by atoms with Crippen LogP contribution in [0, 0.1) is 5.41 Å². The lowest BCUT2D eigenvalue weighted by molar-refractivity contribution is 0.254. The Morgan fingerprint density at radius 3 is 2.76 bits per heavy atom. The summed E-state index contributed by atoms with van der Waals surface area (Å²) in [5, 5.41) is 4.45. The van der Waals surface area contributed by atoms with Crippen LogP contribution in [-0.2, 0) is 0 Å². The van der Waals surface area contributed by atoms with E-state index in [1.165, 1.54) is 0 Å². The summed E-state index contributed by atoms with van der Waals surface area (Å²) in [5.74, 6) is 0.910. The molecule has 0 aliphatic heterocycles. The molecule has 0 spiro atoms. The van der Waals surface area contributed by atoms with Crippen molar-refractivity contribution in [3.63, 3.8) is 0 Å². The lowest BCUT2D eigenvalue weighted by atomic mass is 9.93. The highest BCUT2D eigenvalue weighted by atomic mass is 32.1. The Labute approximate surface area is 131 Å². The Hall–Kier alpha value is -1.33. The number of hydrogen-bond donors (Lipinski definition) is 1. The fourth-order valence-corrected chi connectivity index (χ4v) is 3.35. The van der Waals surface area contributed by atoms with Gasteiger partial charge in [-0.05, 0) is 44.6 Å². The number of benzene rings is 1. The normalized spacial score (nSPS) is 12.1. The highest BCUT2D eigenvalue weighted by Gasteiger charge is 2.19. The van der Waals surface area contributed by atoms with Crippen LogP contribution < -0.4 is 10.1 Å². The molecule has 0 amide bonds. The molecule has 1 aromatic heterocycles. The highest BCUT2D eigenvalue weighted by Crippen LogP contribution is 2.30. The minimum absolute atomic E-state index is 0.206. The zero-order valence-corrected chi connectivity index (χ0v) is 14.4. The first-order valence-electron chi connectivity index (χ1n) is 7.31. The van der Waals surface area contributed by atoms with Crippen molar-refractivity contribution in [3.05, 3.63) is 18.2 Å². The number of aromatic nitrogens is 1. The minimum atomic E-state index is 0.206. The van der Waals surface area contributed by atoms with Crippen molar-refractivity contribution < 1.29 is 4.74 Å². The largest absolute Gasteiger partial charge is 0.494 e. The van der Waals surface area contributed by atoms with Gasteiger partial charge in [0.1, 0.15) is 5.75 Å². The number of fused-ring (bicyclic) bond motifs is 1. The number of hydrogen-bond acceptors (Lipinski definition) is 5. The molecule has 1 heterocycles. The van der Waals surface area contributed by atoms with Crippen molar-refractivity contribution in [1.29, 1.82) is 0 Å². The second kappa shape index (κ2) is 6.62. The van der Waals surface area contributed by atoms with Crippen LogP contribution in [0.15, 0.2) is 18.2 Å². The van der Waals surface area contributed by atoms with Crippen LogP contribution in [0.1, 0.15) is 20.8 Å². The summed E-state index contributed by atoms with van der Waals surface area (Å²) < 4.78 is 6.70. The smallest absolute Gasteiger partial charge is 0.183 e. The van der Waals surface area contributed by atoms with Gasteiger partial charge in [0.2, 0.25) is 0 Å². The van der Waals surface area contributed by atoms with Gasteiger partial charge < -0.3 is 15.0 Å². The molecule has 0 bridgehead atoms. The lowest BCUT2D eigenvalue weighted by Crippen LogP contribution is -2.34. The monoisotopic (exact) mass is 307 g/mol. The Morgan fingerprint density at radius 2 is 2.10 bits per heavy atom. The molecule has 21 heavy (non-hydrogen) atoms. The Kier molecular flexibility index (Phi) is 5.06. The van der Waals surface area contributed by atoms with Crippen LogP contribution in [-0.4, -0.2) is 43.7 Å². The van der Waals surface area contributed by atoms with Crippen LogP contribution in [0.25, 0.3) is 10.2 Å². The van der Waals surface area contributed by atoms with E-state index in [1.54, 1.807) is 11.3 Å². The second-order valence-electron chi connectivity index (χ2n) is 6.34. The van der Waals surface area contributed by atoms with Crippen LogP contribution in [0.4, 0.5) is 5.13 Å². The Bertz CT molecular complexity index is 592. The standard InChI is InChI=1S/C16H25N3OS/c1-6-20-12-7-8-13-14(9-12)21-15(18-13)17-10-16(2,3)11-19(4)5/h7-9H,6,10-11H2,1-5H3,(H,17,18). The highest BCUT2D eigenvalue weighted by molar-refractivity contribution is 7.22. The maximum atomic E-state index is 5.53. The molecule has 116 valence electrons. The average Bonchev–Trinajstić information content (AvgIpc) is 2.77. The molecule has 0 saturated carbocycles. The van der Waals surface area contributed by atoms with Crippen LogP contribution in [0.3, 0.4) is 0 Å². The summed E-state index contributed by atoms with van der Waals surface area (Å²) in [6.07, 6.45) is 0. The molecule has 2 rings (SSSR count). The van der Waals surface area contributed by atoms with Crippen LogP contribution >= 0.6 is 11.3 Å². The second-order valence-corrected chi connectivity index (χ2v) is 7.37. The van der Waals surface area contributed by atoms with Gasteiger partial charge in [0.05, 0.1) is 16.8 Å². The fourth-order valence-electron chi connectivity index (χ4n) is 2.46. The van der Waals surface area contributed by atoms with Crippen molar-refractivity contribution in [2.24, 2.45) is 5.41 Å². The molecule has 2 aromatic rings. The number of nitrogens with zero attached hydrogens (tertiary/aromatic N) is 2. The van der Waals surface area contributed by atoms with Crippen molar-refractivity contribution in [2.45, 2.75) is 20.8 Å². The first-order chi connectivity index (χ1) is 9.89. The zero-order valence-electron chi connectivity index (χ0n) is 13.6. The van der Waals surface area contributed by atoms with Crippen molar-refractivity contribution >= 4 is 26.7 Å². The van der Waals surface area contributed by atoms with Gasteiger partial charge in [0, 0.05) is 13.1 Å². The fraction of sp³-hybridized carbons (Fsp3) is 0.562. The molecule has 0 unspecified atom stereocenters. The van der Waals surface area contributed by atoms with Gasteiger partial charge in [-0.2, -0.15) is 0 Å². The molecular formula is C16H25N3OS. The quantitative estimate of drug-likeness (QED) is 0.846. The van der Waals surface area contributed by atoms with Crippen molar-refractivity contribution in [3.8, 4) is 5.75 Å². The Morgan fingerprint density at radius 1 is 1.33 bits per heavy atom. The van der Waals surface area contributed by atoms with Gasteiger partial charge >= 0.3 is 0 Å². The minimum Gasteiger partial charge on any atom is -0.494 e. The molecule has 0 aliphatic carbocycles. The molecule has 0 aliphatic rings. The van der Waals surface area contributed by atoms with Gasteiger partial charge in [0.15, 0.2) is 5.13 Å². The number of thiazole rings is 1. The molecule has 0 radical (unpaired) electrons. The summed E-state index contributed by atoms with van der Waals surface area (Å²) in [6.45, 7) is 9.16. The Balaban J connectivity index is 2.05. The third kappa shape index (κ3) is 4.58. The third-order valence-corrected chi connectivity index (χ3v) is 4.11. The molecule has 5 heteroatoms. The SMILES string of the molecule is CCOc1ccc2nc(NCC(C)(C)CN(C)C)sc2c1. The van der Waals surface area contributed by atoms with E-state index in [-0.39, 0.29) is 5.41 Å². The van der Waals surface area contributed by atoms with Crippen LogP contribution in [0.5, 0.6) is 5.75 Å². The van der Waals surface area contributed by atoms with E-state index in [0.29, 0.717) is 6.61 Å². The summed E-state index contributed by atoms with van der Waals surface area (Å²) in [4.78, 5) is 6.85. The molecule has 0 saturated heterocycles. The van der Waals surface area contributed by atoms with Crippen LogP contribution in [0.2, 0.25) is 0 Å².